The van der Waals surface area contributed by atoms with Crippen molar-refractivity contribution < 1.29 is 9.13 Å². The molecule has 0 aliphatic carbocycles. The molecule has 0 amide bonds. The SMILES string of the molecule is C[Si-](C)(C)CCOCn1ccc2c(-c3cn[nH]c3)c(F)cnc21. The van der Waals surface area contributed by atoms with Gasteiger partial charge in [-0.3, -0.25) is 5.10 Å². The molecule has 0 unspecified atom stereocenters. The van der Waals surface area contributed by atoms with Gasteiger partial charge < -0.3 is 9.30 Å². The molecular weight excluding hydrogens is 311 g/mol. The summed E-state index contributed by atoms with van der Waals surface area (Å²) < 4.78 is 21.9. The van der Waals surface area contributed by atoms with E-state index < -0.39 is 8.07 Å². The maximum atomic E-state index is 14.2. The molecule has 0 saturated heterocycles. The predicted octanol–water partition coefficient (Wildman–Crippen LogP) is 3.88. The molecule has 23 heavy (non-hydrogen) atoms. The molecule has 3 rings (SSSR count). The average Bonchev–Trinajstić information content (AvgIpc) is 3.12. The average molecular weight is 332 g/mol. The lowest BCUT2D eigenvalue weighted by atomic mass is 10.1. The number of aromatic nitrogens is 4. The van der Waals surface area contributed by atoms with E-state index in [4.69, 9.17) is 4.74 Å². The minimum Gasteiger partial charge on any atom is -0.364 e. The number of H-pyrrole nitrogens is 1. The van der Waals surface area contributed by atoms with Crippen LogP contribution in [0.2, 0.25) is 25.7 Å². The minimum atomic E-state index is -1.10. The van der Waals surface area contributed by atoms with E-state index in [0.717, 1.165) is 23.7 Å². The fourth-order valence-corrected chi connectivity index (χ4v) is 3.20. The van der Waals surface area contributed by atoms with Crippen molar-refractivity contribution in [3.8, 4) is 11.1 Å². The summed E-state index contributed by atoms with van der Waals surface area (Å²) in [6.45, 7) is 8.14. The lowest BCUT2D eigenvalue weighted by Crippen LogP contribution is -2.22. The van der Waals surface area contributed by atoms with Crippen LogP contribution in [0.25, 0.3) is 22.2 Å². The lowest BCUT2D eigenvalue weighted by Gasteiger charge is -2.26. The van der Waals surface area contributed by atoms with Crippen LogP contribution in [0.5, 0.6) is 0 Å². The van der Waals surface area contributed by atoms with Crippen molar-refractivity contribution in [2.75, 3.05) is 6.61 Å². The summed E-state index contributed by atoms with van der Waals surface area (Å²) in [5.41, 5.74) is 1.95. The van der Waals surface area contributed by atoms with Crippen molar-refractivity contribution in [2.45, 2.75) is 32.4 Å². The Morgan fingerprint density at radius 2 is 2.13 bits per heavy atom. The van der Waals surface area contributed by atoms with E-state index in [-0.39, 0.29) is 5.82 Å². The van der Waals surface area contributed by atoms with E-state index in [1.54, 1.807) is 12.4 Å². The minimum absolute atomic E-state index is 0.351. The summed E-state index contributed by atoms with van der Waals surface area (Å²) in [6.07, 6.45) is 6.43. The van der Waals surface area contributed by atoms with Gasteiger partial charge in [0.25, 0.3) is 0 Å². The molecular formula is C16H21FN4OSi-. The summed E-state index contributed by atoms with van der Waals surface area (Å²) in [6, 6.07) is 2.99. The molecule has 1 N–H and O–H groups in total. The van der Waals surface area contributed by atoms with Gasteiger partial charge in [-0.2, -0.15) is 24.7 Å². The van der Waals surface area contributed by atoms with Crippen LogP contribution >= 0.6 is 0 Å². The quantitative estimate of drug-likeness (QED) is 0.550. The Bertz CT molecular complexity index is 792. The molecule has 3 aromatic rings. The van der Waals surface area contributed by atoms with Crippen molar-refractivity contribution in [3.05, 3.63) is 36.7 Å². The van der Waals surface area contributed by atoms with Crippen LogP contribution in [0, 0.1) is 5.82 Å². The molecule has 7 heteroatoms. The molecule has 0 radical (unpaired) electrons. The second-order valence-corrected chi connectivity index (χ2v) is 12.5. The van der Waals surface area contributed by atoms with Crippen molar-refractivity contribution >= 4 is 19.1 Å². The first-order chi connectivity index (χ1) is 11.0. The molecule has 0 saturated carbocycles. The standard InChI is InChI=1S/C16H21FN4OSi/c1-23(2,3)7-6-22-11-21-5-4-13-15(12-8-19-20-9-12)14(17)10-18-16(13)21/h4-5,8-10H,6-7,11H2,1-3H3,(H,19,20)/q-1. The smallest absolute Gasteiger partial charge is 0.150 e. The zero-order valence-corrected chi connectivity index (χ0v) is 14.6. The zero-order chi connectivity index (χ0) is 16.4. The van der Waals surface area contributed by atoms with Gasteiger partial charge in [0.15, 0.2) is 0 Å². The molecule has 0 fully saturated rings. The number of rotatable bonds is 6. The third kappa shape index (κ3) is 3.51. The van der Waals surface area contributed by atoms with E-state index in [0.29, 0.717) is 17.9 Å². The number of fused-ring (bicyclic) bond motifs is 1. The van der Waals surface area contributed by atoms with Gasteiger partial charge >= 0.3 is 0 Å². The summed E-state index contributed by atoms with van der Waals surface area (Å²) in [5, 5.41) is 7.38. The Balaban J connectivity index is 1.83. The summed E-state index contributed by atoms with van der Waals surface area (Å²) in [7, 11) is -1.10. The van der Waals surface area contributed by atoms with Crippen LogP contribution in [-0.4, -0.2) is 34.4 Å². The Kier molecular flexibility index (Phi) is 4.32. The van der Waals surface area contributed by atoms with Crippen LogP contribution in [-0.2, 0) is 11.5 Å². The Hall–Kier alpha value is -1.99. The molecule has 0 spiro atoms. The van der Waals surface area contributed by atoms with Gasteiger partial charge in [-0.1, -0.05) is 0 Å². The summed E-state index contributed by atoms with van der Waals surface area (Å²) >= 11 is 0. The van der Waals surface area contributed by atoms with Crippen LogP contribution in [0.1, 0.15) is 0 Å². The lowest BCUT2D eigenvalue weighted by molar-refractivity contribution is 0.0899. The first-order valence-electron chi connectivity index (χ1n) is 7.66. The summed E-state index contributed by atoms with van der Waals surface area (Å²) in [4.78, 5) is 4.22. The van der Waals surface area contributed by atoms with Gasteiger partial charge in [0.05, 0.1) is 12.4 Å². The highest BCUT2D eigenvalue weighted by Gasteiger charge is 2.14. The third-order valence-electron chi connectivity index (χ3n) is 3.76. The largest absolute Gasteiger partial charge is 0.364 e. The van der Waals surface area contributed by atoms with Crippen molar-refractivity contribution in [3.63, 3.8) is 0 Å². The Morgan fingerprint density at radius 1 is 1.30 bits per heavy atom. The van der Waals surface area contributed by atoms with Crippen LogP contribution in [0.4, 0.5) is 4.39 Å². The third-order valence-corrected chi connectivity index (χ3v) is 5.46. The molecule has 5 nitrogen and oxygen atoms in total. The van der Waals surface area contributed by atoms with Gasteiger partial charge in [-0.15, -0.1) is 14.1 Å². The highest BCUT2D eigenvalue weighted by atomic mass is 28.3. The maximum Gasteiger partial charge on any atom is 0.150 e. The molecule has 0 aliphatic rings. The van der Waals surface area contributed by atoms with E-state index in [9.17, 15) is 4.39 Å². The van der Waals surface area contributed by atoms with Crippen molar-refractivity contribution in [1.82, 2.24) is 19.7 Å². The fourth-order valence-electron chi connectivity index (χ4n) is 2.44. The number of hydrogen-bond donors (Lipinski definition) is 1. The molecule has 0 atom stereocenters. The predicted molar refractivity (Wildman–Crippen MR) is 91.4 cm³/mol. The monoisotopic (exact) mass is 332 g/mol. The van der Waals surface area contributed by atoms with Gasteiger partial charge in [0.1, 0.15) is 18.2 Å². The highest BCUT2D eigenvalue weighted by molar-refractivity contribution is 6.76. The first-order valence-corrected chi connectivity index (χ1v) is 11.4. The maximum absolute atomic E-state index is 14.2. The van der Waals surface area contributed by atoms with E-state index >= 15 is 0 Å². The van der Waals surface area contributed by atoms with Gasteiger partial charge in [-0.05, 0) is 6.07 Å². The van der Waals surface area contributed by atoms with Crippen molar-refractivity contribution in [1.29, 1.82) is 0 Å². The van der Waals surface area contributed by atoms with Gasteiger partial charge in [-0.25, -0.2) is 9.37 Å². The molecule has 3 heterocycles. The zero-order valence-electron chi connectivity index (χ0n) is 13.6. The second-order valence-electron chi connectivity index (χ2n) is 6.84. The number of hydrogen-bond acceptors (Lipinski definition) is 3. The number of halogens is 1. The Morgan fingerprint density at radius 3 is 2.83 bits per heavy atom. The van der Waals surface area contributed by atoms with E-state index in [1.165, 1.54) is 6.20 Å². The normalized spacial score (nSPS) is 12.2. The second kappa shape index (κ2) is 6.25. The highest BCUT2D eigenvalue weighted by Crippen LogP contribution is 2.30. The van der Waals surface area contributed by atoms with Gasteiger partial charge in [0.2, 0.25) is 0 Å². The van der Waals surface area contributed by atoms with Crippen LogP contribution in [0.15, 0.2) is 30.9 Å². The molecule has 0 bridgehead atoms. The molecule has 123 valence electrons. The molecule has 0 aromatic carbocycles. The number of ether oxygens (including phenoxy) is 1. The number of nitrogens with one attached hydrogen (secondary N) is 1. The van der Waals surface area contributed by atoms with E-state index in [2.05, 4.69) is 34.8 Å². The van der Waals surface area contributed by atoms with Crippen LogP contribution in [0.3, 0.4) is 0 Å². The number of aromatic amines is 1. The van der Waals surface area contributed by atoms with Crippen LogP contribution < -0.4 is 0 Å². The summed E-state index contributed by atoms with van der Waals surface area (Å²) in [5.74, 6) is -0.351. The number of nitrogens with zero attached hydrogens (tertiary/aromatic N) is 3. The fraction of sp³-hybridized carbons (Fsp3) is 0.375. The van der Waals surface area contributed by atoms with Crippen molar-refractivity contribution in [2.24, 2.45) is 0 Å². The van der Waals surface area contributed by atoms with E-state index in [1.807, 2.05) is 16.8 Å². The molecule has 0 aliphatic heterocycles. The Labute approximate surface area is 135 Å². The topological polar surface area (TPSA) is 55.7 Å². The molecule has 3 aromatic heterocycles. The number of pyridine rings is 1. The van der Waals surface area contributed by atoms with Gasteiger partial charge in [0, 0.05) is 35.5 Å². The first kappa shape index (κ1) is 15.9.